The molecule has 2 N–H and O–H groups in total. The van der Waals surface area contributed by atoms with Crippen LogP contribution in [0.25, 0.3) is 0 Å². The van der Waals surface area contributed by atoms with Gasteiger partial charge in [-0.25, -0.2) is 4.79 Å². The van der Waals surface area contributed by atoms with Crippen molar-refractivity contribution in [2.75, 3.05) is 0 Å². The van der Waals surface area contributed by atoms with E-state index in [4.69, 9.17) is 5.73 Å². The third-order valence-corrected chi connectivity index (χ3v) is 0.890. The Balaban J connectivity index is 4.00. The Hall–Kier alpha value is -1.06. The monoisotopic (exact) mass is 130 g/mol. The summed E-state index contributed by atoms with van der Waals surface area (Å²) < 4.78 is 4.21. The summed E-state index contributed by atoms with van der Waals surface area (Å²) in [6.07, 6.45) is 0. The predicted molar refractivity (Wildman–Crippen MR) is 30.1 cm³/mol. The summed E-state index contributed by atoms with van der Waals surface area (Å²) in [4.78, 5) is 19.9. The van der Waals surface area contributed by atoms with Crippen molar-refractivity contribution in [3.05, 3.63) is 0 Å². The van der Waals surface area contributed by atoms with Crippen LogP contribution in [0.3, 0.4) is 0 Å². The summed E-state index contributed by atoms with van der Waals surface area (Å²) in [6.45, 7) is 3.92. The molecule has 0 rings (SSSR count). The number of hydrogen-bond donors (Lipinski definition) is 1. The molecule has 0 aromatic rings. The van der Waals surface area contributed by atoms with E-state index in [1.54, 1.807) is 0 Å². The highest BCUT2D eigenvalue weighted by Gasteiger charge is 2.26. The van der Waals surface area contributed by atoms with Crippen LogP contribution in [0.15, 0.2) is 0 Å². The average Bonchev–Trinajstić information content (AvgIpc) is 1.65. The molecule has 9 heavy (non-hydrogen) atoms. The van der Waals surface area contributed by atoms with Crippen molar-refractivity contribution in [3.63, 3.8) is 0 Å². The van der Waals surface area contributed by atoms with Crippen LogP contribution >= 0.6 is 0 Å². The Morgan fingerprint density at radius 1 is 1.67 bits per heavy atom. The van der Waals surface area contributed by atoms with Crippen molar-refractivity contribution in [2.45, 2.75) is 19.4 Å². The summed E-state index contributed by atoms with van der Waals surface area (Å²) in [5, 5.41) is 0. The first-order valence-corrected chi connectivity index (χ1v) is 2.36. The maximum absolute atomic E-state index is 10.3. The molecule has 0 aliphatic carbocycles. The zero-order valence-corrected chi connectivity index (χ0v) is 5.30. The van der Waals surface area contributed by atoms with Gasteiger partial charge in [-0.05, 0) is 13.8 Å². The van der Waals surface area contributed by atoms with Gasteiger partial charge in [0.25, 0.3) is 5.91 Å². The van der Waals surface area contributed by atoms with Gasteiger partial charge in [0.2, 0.25) is 0 Å². The second-order valence-electron chi connectivity index (χ2n) is 2.06. The minimum Gasteiger partial charge on any atom is -0.441 e. The first kappa shape index (κ1) is 7.94. The Kier molecular flexibility index (Phi) is 2.19. The molecule has 51 valence electrons. The standard InChI is InChI=1S/C5H8NO3/c1-5(2,4(6)8)9-3-7/h1-2H3,(H2,6,8). The third kappa shape index (κ3) is 2.12. The normalized spacial score (nSPS) is 10.4. The van der Waals surface area contributed by atoms with E-state index in [9.17, 15) is 9.59 Å². The molecule has 4 heteroatoms. The number of amides is 1. The average molecular weight is 130 g/mol. The highest BCUT2D eigenvalue weighted by molar-refractivity contribution is 5.83. The minimum atomic E-state index is -1.23. The van der Waals surface area contributed by atoms with Crippen LogP contribution in [-0.4, -0.2) is 18.0 Å². The van der Waals surface area contributed by atoms with E-state index in [0.29, 0.717) is 0 Å². The Morgan fingerprint density at radius 3 is 2.22 bits per heavy atom. The lowest BCUT2D eigenvalue weighted by molar-refractivity contribution is -0.131. The minimum absolute atomic E-state index is 0.689. The molecule has 0 heterocycles. The second-order valence-corrected chi connectivity index (χ2v) is 2.06. The largest absolute Gasteiger partial charge is 0.441 e. The SMILES string of the molecule is CC(C)(O[C]=O)C(N)=O. The molecule has 1 radical (unpaired) electrons. The quantitative estimate of drug-likeness (QED) is 0.551. The van der Waals surface area contributed by atoms with Gasteiger partial charge in [-0.15, -0.1) is 0 Å². The van der Waals surface area contributed by atoms with E-state index in [-0.39, 0.29) is 0 Å². The molecule has 0 fully saturated rings. The topological polar surface area (TPSA) is 69.4 Å². The van der Waals surface area contributed by atoms with E-state index in [1.807, 2.05) is 0 Å². The molecule has 0 aliphatic rings. The maximum atomic E-state index is 10.3. The number of carbonyl (C=O) groups excluding carboxylic acids is 2. The van der Waals surface area contributed by atoms with Crippen molar-refractivity contribution in [1.82, 2.24) is 0 Å². The molecule has 0 aliphatic heterocycles. The molecular weight excluding hydrogens is 122 g/mol. The van der Waals surface area contributed by atoms with Crippen molar-refractivity contribution in [3.8, 4) is 0 Å². The van der Waals surface area contributed by atoms with Crippen molar-refractivity contribution < 1.29 is 14.3 Å². The fourth-order valence-electron chi connectivity index (χ4n) is 0.154. The van der Waals surface area contributed by atoms with E-state index in [1.165, 1.54) is 13.8 Å². The first-order valence-electron chi connectivity index (χ1n) is 2.36. The van der Waals surface area contributed by atoms with Crippen LogP contribution in [0, 0.1) is 0 Å². The van der Waals surface area contributed by atoms with Gasteiger partial charge in [0.05, 0.1) is 0 Å². The molecule has 0 aromatic carbocycles. The molecular formula is C5H8NO3. The highest BCUT2D eigenvalue weighted by Crippen LogP contribution is 2.04. The van der Waals surface area contributed by atoms with Crippen molar-refractivity contribution in [1.29, 1.82) is 0 Å². The van der Waals surface area contributed by atoms with Crippen LogP contribution < -0.4 is 5.73 Å². The van der Waals surface area contributed by atoms with Gasteiger partial charge in [-0.1, -0.05) is 0 Å². The molecule has 0 bridgehead atoms. The van der Waals surface area contributed by atoms with Crippen LogP contribution in [0.2, 0.25) is 0 Å². The maximum Gasteiger partial charge on any atom is 0.418 e. The first-order chi connectivity index (χ1) is 4.00. The molecule has 0 atom stereocenters. The summed E-state index contributed by atoms with van der Waals surface area (Å²) in [7, 11) is 0. The summed E-state index contributed by atoms with van der Waals surface area (Å²) in [5.74, 6) is -0.689. The number of hydrogen-bond acceptors (Lipinski definition) is 3. The lowest BCUT2D eigenvalue weighted by Gasteiger charge is -2.16. The van der Waals surface area contributed by atoms with Crippen LogP contribution in [-0.2, 0) is 14.3 Å². The van der Waals surface area contributed by atoms with Gasteiger partial charge in [-0.3, -0.25) is 4.79 Å². The molecule has 4 nitrogen and oxygen atoms in total. The molecule has 0 unspecified atom stereocenters. The smallest absolute Gasteiger partial charge is 0.418 e. The lowest BCUT2D eigenvalue weighted by Crippen LogP contribution is -2.40. The van der Waals surface area contributed by atoms with E-state index < -0.39 is 11.5 Å². The van der Waals surface area contributed by atoms with Gasteiger partial charge >= 0.3 is 6.47 Å². The van der Waals surface area contributed by atoms with Crippen molar-refractivity contribution >= 4 is 12.4 Å². The van der Waals surface area contributed by atoms with E-state index in [2.05, 4.69) is 4.74 Å². The zero-order valence-electron chi connectivity index (χ0n) is 5.30. The van der Waals surface area contributed by atoms with Gasteiger partial charge in [0.15, 0.2) is 5.60 Å². The number of ether oxygens (including phenoxy) is 1. The summed E-state index contributed by atoms with van der Waals surface area (Å²) in [5.41, 5.74) is 3.58. The van der Waals surface area contributed by atoms with Gasteiger partial charge < -0.3 is 10.5 Å². The number of rotatable bonds is 3. The zero-order chi connectivity index (χ0) is 7.49. The van der Waals surface area contributed by atoms with Gasteiger partial charge in [0, 0.05) is 0 Å². The van der Waals surface area contributed by atoms with Gasteiger partial charge in [-0.2, -0.15) is 0 Å². The van der Waals surface area contributed by atoms with Gasteiger partial charge in [0.1, 0.15) is 0 Å². The highest BCUT2D eigenvalue weighted by atomic mass is 16.5. The van der Waals surface area contributed by atoms with E-state index >= 15 is 0 Å². The fourth-order valence-corrected chi connectivity index (χ4v) is 0.154. The molecule has 0 saturated heterocycles. The number of primary amides is 1. The third-order valence-electron chi connectivity index (χ3n) is 0.890. The lowest BCUT2D eigenvalue weighted by atomic mass is 10.1. The van der Waals surface area contributed by atoms with Crippen LogP contribution in [0.5, 0.6) is 0 Å². The second kappa shape index (κ2) is 2.48. The Bertz CT molecular complexity index is 130. The molecule has 0 saturated carbocycles. The Labute approximate surface area is 53.0 Å². The molecule has 0 spiro atoms. The van der Waals surface area contributed by atoms with Crippen LogP contribution in [0.4, 0.5) is 0 Å². The molecule has 1 amide bonds. The predicted octanol–water partition coefficient (Wildman–Crippen LogP) is -0.666. The number of carbonyl (C=O) groups is 1. The Morgan fingerprint density at radius 2 is 2.11 bits per heavy atom. The molecule has 0 aromatic heterocycles. The summed E-state index contributed by atoms with van der Waals surface area (Å²) >= 11 is 0. The number of nitrogens with two attached hydrogens (primary N) is 1. The van der Waals surface area contributed by atoms with E-state index in [0.717, 1.165) is 6.47 Å². The fraction of sp³-hybridized carbons (Fsp3) is 0.600. The van der Waals surface area contributed by atoms with Crippen LogP contribution in [0.1, 0.15) is 13.8 Å². The summed E-state index contributed by atoms with van der Waals surface area (Å²) in [6, 6.07) is 0. The van der Waals surface area contributed by atoms with Crippen molar-refractivity contribution in [2.24, 2.45) is 5.73 Å².